The first-order chi connectivity index (χ1) is 28.7. The number of aromatic nitrogens is 3. The van der Waals surface area contributed by atoms with Crippen molar-refractivity contribution in [2.24, 2.45) is 0 Å². The molecule has 2 heterocycles. The van der Waals surface area contributed by atoms with Crippen molar-refractivity contribution in [3.8, 4) is 11.3 Å². The van der Waals surface area contributed by atoms with E-state index >= 15 is 4.39 Å². The molecule has 6 rings (SSSR count). The fourth-order valence-corrected chi connectivity index (χ4v) is 11.7. The van der Waals surface area contributed by atoms with Gasteiger partial charge >= 0.3 is 12.2 Å². The number of rotatable bonds is 13. The van der Waals surface area contributed by atoms with Gasteiger partial charge in [0.15, 0.2) is 5.82 Å². The molecule has 2 amide bonds. The average molecular weight is 846 g/mol. The first kappa shape index (κ1) is 43.6. The summed E-state index contributed by atoms with van der Waals surface area (Å²) in [5.74, 6) is -0.808. The second kappa shape index (κ2) is 19.0. The van der Waals surface area contributed by atoms with Crippen LogP contribution in [0.5, 0.6) is 0 Å². The molecule has 0 radical (unpaired) electrons. The van der Waals surface area contributed by atoms with Crippen molar-refractivity contribution in [1.82, 2.24) is 15.0 Å². The van der Waals surface area contributed by atoms with Crippen LogP contribution in [0.25, 0.3) is 11.3 Å². The summed E-state index contributed by atoms with van der Waals surface area (Å²) in [4.78, 5) is 43.3. The SMILES string of the molecule is CC(C)(C)OC(=O)N(c1cccc(Cl)c1)c1cncc(-c2cc(N(CCCO[Si](c3ccccc3)(c3ccccc3)C(C)(C)C)C(=O)OCc3ccccc3)cnc2F)n1. The first-order valence-corrected chi connectivity index (χ1v) is 21.9. The van der Waals surface area contributed by atoms with Gasteiger partial charge in [0.2, 0.25) is 5.95 Å². The topological polar surface area (TPSA) is 107 Å². The summed E-state index contributed by atoms with van der Waals surface area (Å²) in [6.07, 6.45) is 3.02. The zero-order chi connectivity index (χ0) is 42.9. The van der Waals surface area contributed by atoms with Gasteiger partial charge in [-0.15, -0.1) is 0 Å². The summed E-state index contributed by atoms with van der Waals surface area (Å²) in [6.45, 7) is 12.3. The standard InChI is InChI=1S/C47H49ClFN5O5Si/c1-46(2,3)59-45(56)54(36-21-16-20-35(48)28-36)42-32-50-31-41(52-42)40-29-37(30-51-43(40)49)53(44(55)57-33-34-18-10-7-11-19-34)26-17-27-58-60(47(4,5)6,38-22-12-8-13-23-38)39-24-14-9-15-25-39/h7-16,18-25,28-32H,17,26-27,33H2,1-6H3. The molecule has 0 bridgehead atoms. The first-order valence-electron chi connectivity index (χ1n) is 19.7. The summed E-state index contributed by atoms with van der Waals surface area (Å²) in [7, 11) is -2.87. The van der Waals surface area contributed by atoms with Gasteiger partial charge in [0.25, 0.3) is 8.32 Å². The molecule has 2 aromatic heterocycles. The Hall–Kier alpha value is -5.95. The maximum absolute atomic E-state index is 15.8. The van der Waals surface area contributed by atoms with Crippen LogP contribution >= 0.6 is 11.6 Å². The van der Waals surface area contributed by atoms with Crippen LogP contribution in [0.3, 0.4) is 0 Å². The number of carbonyl (C=O) groups is 2. The highest BCUT2D eigenvalue weighted by molar-refractivity contribution is 6.99. The fourth-order valence-electron chi connectivity index (χ4n) is 6.94. The second-order valence-electron chi connectivity index (χ2n) is 16.1. The van der Waals surface area contributed by atoms with E-state index in [2.05, 4.69) is 60.0 Å². The summed E-state index contributed by atoms with van der Waals surface area (Å²) >= 11 is 6.31. The highest BCUT2D eigenvalue weighted by Gasteiger charge is 2.50. The third-order valence-electron chi connectivity index (χ3n) is 9.59. The van der Waals surface area contributed by atoms with E-state index < -0.39 is 32.1 Å². The van der Waals surface area contributed by atoms with Crippen LogP contribution in [-0.4, -0.2) is 54.2 Å². The Morgan fingerprint density at radius 2 is 1.38 bits per heavy atom. The molecular weight excluding hydrogens is 797 g/mol. The Bertz CT molecular complexity index is 2340. The molecule has 13 heteroatoms. The van der Waals surface area contributed by atoms with Gasteiger partial charge < -0.3 is 13.9 Å². The number of pyridine rings is 1. The summed E-state index contributed by atoms with van der Waals surface area (Å²) in [6, 6.07) is 38.1. The molecule has 0 N–H and O–H groups in total. The Morgan fingerprint density at radius 3 is 1.98 bits per heavy atom. The lowest BCUT2D eigenvalue weighted by atomic mass is 10.2. The molecule has 6 aromatic rings. The normalized spacial score (nSPS) is 11.8. The summed E-state index contributed by atoms with van der Waals surface area (Å²) in [5.41, 5.74) is 0.597. The third kappa shape index (κ3) is 10.4. The number of anilines is 3. The number of benzene rings is 4. The molecular formula is C47H49ClFN5O5Si. The lowest BCUT2D eigenvalue weighted by molar-refractivity contribution is 0.0598. The van der Waals surface area contributed by atoms with Gasteiger partial charge in [-0.1, -0.05) is 129 Å². The van der Waals surface area contributed by atoms with Crippen molar-refractivity contribution in [2.75, 3.05) is 23.0 Å². The predicted molar refractivity (Wildman–Crippen MR) is 237 cm³/mol. The summed E-state index contributed by atoms with van der Waals surface area (Å²) in [5, 5.41) is 2.41. The van der Waals surface area contributed by atoms with E-state index in [0.717, 1.165) is 15.9 Å². The van der Waals surface area contributed by atoms with Gasteiger partial charge in [-0.2, -0.15) is 4.39 Å². The third-order valence-corrected chi connectivity index (χ3v) is 14.9. The van der Waals surface area contributed by atoms with E-state index in [1.807, 2.05) is 66.7 Å². The molecule has 0 aliphatic carbocycles. The number of halogens is 2. The number of hydrogen-bond donors (Lipinski definition) is 0. The number of ether oxygens (including phenoxy) is 2. The van der Waals surface area contributed by atoms with Gasteiger partial charge in [0, 0.05) is 18.2 Å². The second-order valence-corrected chi connectivity index (χ2v) is 20.9. The van der Waals surface area contributed by atoms with Crippen molar-refractivity contribution in [1.29, 1.82) is 0 Å². The number of nitrogens with zero attached hydrogens (tertiary/aromatic N) is 5. The smallest absolute Gasteiger partial charge is 0.420 e. The van der Waals surface area contributed by atoms with Gasteiger partial charge in [-0.05, 0) is 72.4 Å². The molecule has 310 valence electrons. The van der Waals surface area contributed by atoms with E-state index in [1.165, 1.54) is 34.5 Å². The molecule has 10 nitrogen and oxygen atoms in total. The average Bonchev–Trinajstić information content (AvgIpc) is 3.22. The highest BCUT2D eigenvalue weighted by Crippen LogP contribution is 2.37. The van der Waals surface area contributed by atoms with Gasteiger partial charge in [-0.25, -0.2) is 24.5 Å². The van der Waals surface area contributed by atoms with E-state index in [9.17, 15) is 9.59 Å². The molecule has 60 heavy (non-hydrogen) atoms. The minimum atomic E-state index is -2.87. The monoisotopic (exact) mass is 845 g/mol. The molecule has 4 aromatic carbocycles. The predicted octanol–water partition coefficient (Wildman–Crippen LogP) is 10.5. The van der Waals surface area contributed by atoms with Crippen molar-refractivity contribution < 1.29 is 27.9 Å². The van der Waals surface area contributed by atoms with E-state index in [1.54, 1.807) is 45.0 Å². The quantitative estimate of drug-likeness (QED) is 0.0643. The minimum absolute atomic E-state index is 0.0216. The largest absolute Gasteiger partial charge is 0.444 e. The lowest BCUT2D eigenvalue weighted by Gasteiger charge is -2.43. The fraction of sp³-hybridized carbons (Fsp3) is 0.255. The Labute approximate surface area is 357 Å². The highest BCUT2D eigenvalue weighted by atomic mass is 35.5. The Kier molecular flexibility index (Phi) is 13.8. The zero-order valence-electron chi connectivity index (χ0n) is 34.6. The molecule has 0 unspecified atom stereocenters. The van der Waals surface area contributed by atoms with Crippen LogP contribution in [0.1, 0.15) is 53.5 Å². The van der Waals surface area contributed by atoms with Crippen molar-refractivity contribution in [2.45, 2.75) is 65.2 Å². The Morgan fingerprint density at radius 1 is 0.750 bits per heavy atom. The number of amides is 2. The van der Waals surface area contributed by atoms with Crippen LogP contribution < -0.4 is 20.2 Å². The van der Waals surface area contributed by atoms with Gasteiger partial charge in [-0.3, -0.25) is 9.88 Å². The van der Waals surface area contributed by atoms with E-state index in [-0.39, 0.29) is 41.0 Å². The molecule has 0 aliphatic rings. The molecule has 0 saturated carbocycles. The molecule has 0 saturated heterocycles. The van der Waals surface area contributed by atoms with Crippen LogP contribution in [0.4, 0.5) is 31.2 Å². The lowest BCUT2D eigenvalue weighted by Crippen LogP contribution is -2.66. The number of hydrogen-bond acceptors (Lipinski definition) is 8. The maximum atomic E-state index is 15.8. The maximum Gasteiger partial charge on any atom is 0.420 e. The molecule has 0 atom stereocenters. The molecule has 0 fully saturated rings. The van der Waals surface area contributed by atoms with Crippen LogP contribution in [0.15, 0.2) is 140 Å². The van der Waals surface area contributed by atoms with Gasteiger partial charge in [0.1, 0.15) is 12.2 Å². The Balaban J connectivity index is 1.33. The summed E-state index contributed by atoms with van der Waals surface area (Å²) < 4.78 is 34.5. The molecule has 0 aliphatic heterocycles. The van der Waals surface area contributed by atoms with Crippen molar-refractivity contribution in [3.05, 3.63) is 156 Å². The van der Waals surface area contributed by atoms with Crippen LogP contribution in [-0.2, 0) is 20.5 Å². The number of carbonyl (C=O) groups excluding carboxylic acids is 2. The van der Waals surface area contributed by atoms with Crippen molar-refractivity contribution >= 4 is 59.7 Å². The van der Waals surface area contributed by atoms with Gasteiger partial charge in [0.05, 0.1) is 41.2 Å². The van der Waals surface area contributed by atoms with E-state index in [4.69, 9.17) is 25.5 Å². The zero-order valence-corrected chi connectivity index (χ0v) is 36.4. The van der Waals surface area contributed by atoms with Crippen LogP contribution in [0.2, 0.25) is 10.1 Å². The van der Waals surface area contributed by atoms with E-state index in [0.29, 0.717) is 23.7 Å². The molecule has 0 spiro atoms. The van der Waals surface area contributed by atoms with Crippen molar-refractivity contribution in [3.63, 3.8) is 0 Å². The minimum Gasteiger partial charge on any atom is -0.444 e. The van der Waals surface area contributed by atoms with Crippen LogP contribution in [0, 0.1) is 5.95 Å².